The molecule has 0 bridgehead atoms. The highest BCUT2D eigenvalue weighted by molar-refractivity contribution is 7.13. The van der Waals surface area contributed by atoms with Gasteiger partial charge in [0.2, 0.25) is 5.91 Å². The number of nitrogens with zero attached hydrogens (tertiary/aromatic N) is 1. The zero-order chi connectivity index (χ0) is 17.1. The number of rotatable bonds is 4. The summed E-state index contributed by atoms with van der Waals surface area (Å²) in [6, 6.07) is 17.9. The van der Waals surface area contributed by atoms with Crippen LogP contribution >= 0.6 is 11.3 Å². The summed E-state index contributed by atoms with van der Waals surface area (Å²) in [6.45, 7) is 0.622. The molecule has 5 heteroatoms. The molecule has 1 aromatic heterocycles. The van der Waals surface area contributed by atoms with Gasteiger partial charge < -0.3 is 10.1 Å². The normalized spacial score (nSPS) is 15.9. The average Bonchev–Trinajstić information content (AvgIpc) is 3.11. The minimum Gasteiger partial charge on any atom is -0.493 e. The Morgan fingerprint density at radius 2 is 1.96 bits per heavy atom. The Morgan fingerprint density at radius 3 is 2.84 bits per heavy atom. The van der Waals surface area contributed by atoms with Gasteiger partial charge in [0.1, 0.15) is 10.8 Å². The molecule has 1 N–H and O–H groups in total. The number of hydrogen-bond donors (Lipinski definition) is 1. The number of carbonyl (C=O) groups excluding carboxylic acids is 1. The lowest BCUT2D eigenvalue weighted by Gasteiger charge is -2.26. The van der Waals surface area contributed by atoms with E-state index in [0.29, 0.717) is 13.0 Å². The minimum absolute atomic E-state index is 0.00433. The van der Waals surface area contributed by atoms with Crippen LogP contribution in [0, 0.1) is 0 Å². The van der Waals surface area contributed by atoms with Crippen molar-refractivity contribution in [3.63, 3.8) is 0 Å². The number of nitrogens with one attached hydrogen (secondary N) is 1. The van der Waals surface area contributed by atoms with E-state index in [4.69, 9.17) is 4.74 Å². The van der Waals surface area contributed by atoms with Gasteiger partial charge >= 0.3 is 0 Å². The molecule has 4 nitrogen and oxygen atoms in total. The first-order valence-corrected chi connectivity index (χ1v) is 9.18. The second-order valence-electron chi connectivity index (χ2n) is 5.98. The van der Waals surface area contributed by atoms with Crippen LogP contribution in [0.1, 0.15) is 23.7 Å². The van der Waals surface area contributed by atoms with Gasteiger partial charge in [0, 0.05) is 22.9 Å². The van der Waals surface area contributed by atoms with E-state index in [1.807, 2.05) is 60.0 Å². The number of aromatic nitrogens is 1. The van der Waals surface area contributed by atoms with E-state index in [0.717, 1.165) is 34.0 Å². The standard InChI is InChI=1S/C20H18N2O2S/c23-19(22-17-10-11-24-18-9-5-4-8-16(17)18)12-15-13-25-20(21-15)14-6-2-1-3-7-14/h1-9,13,17H,10-12H2,(H,22,23)/t17-/m1/s1. The molecule has 0 unspecified atom stereocenters. The van der Waals surface area contributed by atoms with E-state index < -0.39 is 0 Å². The molecule has 0 saturated carbocycles. The van der Waals surface area contributed by atoms with Crippen molar-refractivity contribution in [2.45, 2.75) is 18.9 Å². The molecule has 25 heavy (non-hydrogen) atoms. The fraction of sp³-hybridized carbons (Fsp3) is 0.200. The quantitative estimate of drug-likeness (QED) is 0.774. The van der Waals surface area contributed by atoms with Gasteiger partial charge in [-0.3, -0.25) is 4.79 Å². The molecule has 2 heterocycles. The van der Waals surface area contributed by atoms with Gasteiger partial charge in [-0.2, -0.15) is 0 Å². The summed E-state index contributed by atoms with van der Waals surface area (Å²) >= 11 is 1.57. The molecule has 1 atom stereocenters. The molecule has 0 fully saturated rings. The van der Waals surface area contributed by atoms with Crippen LogP contribution in [-0.4, -0.2) is 17.5 Å². The molecule has 0 spiro atoms. The number of thiazole rings is 1. The van der Waals surface area contributed by atoms with Gasteiger partial charge in [0.05, 0.1) is 24.8 Å². The molecule has 1 aliphatic heterocycles. The van der Waals surface area contributed by atoms with Crippen molar-refractivity contribution in [3.8, 4) is 16.3 Å². The Kier molecular flexibility index (Phi) is 4.48. The zero-order valence-corrected chi connectivity index (χ0v) is 14.5. The summed E-state index contributed by atoms with van der Waals surface area (Å²) in [4.78, 5) is 17.0. The van der Waals surface area contributed by atoms with Crippen LogP contribution in [0.15, 0.2) is 60.0 Å². The first-order chi connectivity index (χ1) is 12.3. The summed E-state index contributed by atoms with van der Waals surface area (Å²) in [5, 5.41) is 6.02. The van der Waals surface area contributed by atoms with Gasteiger partial charge in [-0.05, 0) is 6.07 Å². The molecule has 1 amide bonds. The summed E-state index contributed by atoms with van der Waals surface area (Å²) in [5.74, 6) is 0.852. The lowest BCUT2D eigenvalue weighted by Crippen LogP contribution is -2.33. The highest BCUT2D eigenvalue weighted by atomic mass is 32.1. The van der Waals surface area contributed by atoms with Gasteiger partial charge in [-0.15, -0.1) is 11.3 Å². The van der Waals surface area contributed by atoms with Gasteiger partial charge in [-0.1, -0.05) is 48.5 Å². The molecular weight excluding hydrogens is 332 g/mol. The lowest BCUT2D eigenvalue weighted by molar-refractivity contribution is -0.121. The molecule has 2 aromatic carbocycles. The van der Waals surface area contributed by atoms with Crippen LogP contribution in [0.4, 0.5) is 0 Å². The summed E-state index contributed by atoms with van der Waals surface area (Å²) in [6.07, 6.45) is 1.08. The Labute approximate surface area is 150 Å². The van der Waals surface area contributed by atoms with Crippen LogP contribution in [0.25, 0.3) is 10.6 Å². The van der Waals surface area contributed by atoms with Gasteiger partial charge in [-0.25, -0.2) is 4.98 Å². The molecule has 126 valence electrons. The van der Waals surface area contributed by atoms with Crippen molar-refractivity contribution in [1.82, 2.24) is 10.3 Å². The Hall–Kier alpha value is -2.66. The van der Waals surface area contributed by atoms with Crippen molar-refractivity contribution in [2.24, 2.45) is 0 Å². The third-order valence-corrected chi connectivity index (χ3v) is 5.15. The Balaban J connectivity index is 1.43. The summed E-state index contributed by atoms with van der Waals surface area (Å²) < 4.78 is 5.64. The number of carbonyl (C=O) groups is 1. The van der Waals surface area contributed by atoms with Crippen LogP contribution in [0.5, 0.6) is 5.75 Å². The van der Waals surface area contributed by atoms with E-state index in [1.54, 1.807) is 11.3 Å². The number of hydrogen-bond acceptors (Lipinski definition) is 4. The Bertz CT molecular complexity index is 876. The molecule has 0 aliphatic carbocycles. The zero-order valence-electron chi connectivity index (χ0n) is 13.6. The van der Waals surface area contributed by atoms with E-state index in [-0.39, 0.29) is 11.9 Å². The first kappa shape index (κ1) is 15.8. The van der Waals surface area contributed by atoms with Crippen molar-refractivity contribution in [2.75, 3.05) is 6.61 Å². The lowest BCUT2D eigenvalue weighted by atomic mass is 10.0. The molecule has 3 aromatic rings. The number of benzene rings is 2. The fourth-order valence-corrected chi connectivity index (χ4v) is 3.83. The van der Waals surface area contributed by atoms with E-state index in [9.17, 15) is 4.79 Å². The largest absolute Gasteiger partial charge is 0.493 e. The molecular formula is C20H18N2O2S. The number of fused-ring (bicyclic) bond motifs is 1. The van der Waals surface area contributed by atoms with Crippen LogP contribution in [0.2, 0.25) is 0 Å². The van der Waals surface area contributed by atoms with Crippen molar-refractivity contribution < 1.29 is 9.53 Å². The van der Waals surface area contributed by atoms with Crippen molar-refractivity contribution in [3.05, 3.63) is 71.2 Å². The second-order valence-corrected chi connectivity index (χ2v) is 6.84. The fourth-order valence-electron chi connectivity index (χ4n) is 3.00. The maximum Gasteiger partial charge on any atom is 0.226 e. The monoisotopic (exact) mass is 350 g/mol. The highest BCUT2D eigenvalue weighted by Crippen LogP contribution is 2.31. The second kappa shape index (κ2) is 7.07. The number of amides is 1. The van der Waals surface area contributed by atoms with Crippen LogP contribution in [-0.2, 0) is 11.2 Å². The predicted molar refractivity (Wildman–Crippen MR) is 98.7 cm³/mol. The smallest absolute Gasteiger partial charge is 0.226 e. The van der Waals surface area contributed by atoms with Gasteiger partial charge in [0.15, 0.2) is 0 Å². The van der Waals surface area contributed by atoms with Crippen LogP contribution < -0.4 is 10.1 Å². The summed E-state index contributed by atoms with van der Waals surface area (Å²) in [7, 11) is 0. The van der Waals surface area contributed by atoms with Crippen molar-refractivity contribution >= 4 is 17.2 Å². The number of ether oxygens (including phenoxy) is 1. The molecule has 0 radical (unpaired) electrons. The highest BCUT2D eigenvalue weighted by Gasteiger charge is 2.22. The Morgan fingerprint density at radius 1 is 1.16 bits per heavy atom. The van der Waals surface area contributed by atoms with Gasteiger partial charge in [0.25, 0.3) is 0 Å². The molecule has 1 aliphatic rings. The van der Waals surface area contributed by atoms with E-state index in [1.165, 1.54) is 0 Å². The molecule has 0 saturated heterocycles. The first-order valence-electron chi connectivity index (χ1n) is 8.30. The van der Waals surface area contributed by atoms with E-state index in [2.05, 4.69) is 10.3 Å². The third-order valence-electron chi connectivity index (χ3n) is 4.21. The maximum atomic E-state index is 12.4. The van der Waals surface area contributed by atoms with Crippen LogP contribution in [0.3, 0.4) is 0 Å². The SMILES string of the molecule is O=C(Cc1csc(-c2ccccc2)n1)N[C@@H]1CCOc2ccccc21. The average molecular weight is 350 g/mol. The minimum atomic E-state index is -0.00776. The predicted octanol–water partition coefficient (Wildman–Crippen LogP) is 3.99. The topological polar surface area (TPSA) is 51.2 Å². The maximum absolute atomic E-state index is 12.4. The number of para-hydroxylation sites is 1. The summed E-state index contributed by atoms with van der Waals surface area (Å²) in [5.41, 5.74) is 2.93. The third kappa shape index (κ3) is 3.56. The molecule has 4 rings (SSSR count). The van der Waals surface area contributed by atoms with E-state index >= 15 is 0 Å². The van der Waals surface area contributed by atoms with Crippen molar-refractivity contribution in [1.29, 1.82) is 0 Å².